The monoisotopic (exact) mass is 277 g/mol. The van der Waals surface area contributed by atoms with E-state index < -0.39 is 0 Å². The summed E-state index contributed by atoms with van der Waals surface area (Å²) in [5.74, 6) is 0.754. The summed E-state index contributed by atoms with van der Waals surface area (Å²) >= 11 is 0. The second kappa shape index (κ2) is 6.79. The molecule has 1 aromatic rings. The first kappa shape index (κ1) is 14.9. The number of pyridine rings is 1. The first-order valence-electron chi connectivity index (χ1n) is 7.39. The summed E-state index contributed by atoms with van der Waals surface area (Å²) in [7, 11) is 0. The Labute approximate surface area is 119 Å². The third-order valence-electron chi connectivity index (χ3n) is 4.21. The molecule has 1 aromatic heterocycles. The fraction of sp³-hybridized carbons (Fsp3) is 0.667. The molecule has 1 N–H and O–H groups in total. The minimum absolute atomic E-state index is 0.203. The first-order valence-corrected chi connectivity index (χ1v) is 7.39. The number of nitrogens with one attached hydrogen (secondary N) is 1. The van der Waals surface area contributed by atoms with E-state index in [1.54, 1.807) is 20.0 Å². The van der Waals surface area contributed by atoms with Crippen molar-refractivity contribution in [2.75, 3.05) is 6.54 Å². The van der Waals surface area contributed by atoms with Gasteiger partial charge in [0.25, 0.3) is 5.69 Å². The Balaban J connectivity index is 1.95. The molecule has 1 fully saturated rings. The number of hydrogen-bond donors (Lipinski definition) is 1. The van der Waals surface area contributed by atoms with Crippen molar-refractivity contribution in [3.63, 3.8) is 0 Å². The normalized spacial score (nSPS) is 16.3. The second-order valence-electron chi connectivity index (χ2n) is 5.75. The average Bonchev–Trinajstić information content (AvgIpc) is 2.42. The SMILES string of the molecule is Cc1cnc(CNCC2CCCCC2)c(C)c1[N+](=O)[O-]. The predicted octanol–water partition coefficient (Wildman–Crippen LogP) is 3.28. The molecule has 110 valence electrons. The zero-order valence-corrected chi connectivity index (χ0v) is 12.3. The molecule has 20 heavy (non-hydrogen) atoms. The van der Waals surface area contributed by atoms with Crippen molar-refractivity contribution in [1.82, 2.24) is 10.3 Å². The molecule has 5 heteroatoms. The van der Waals surface area contributed by atoms with Crippen molar-refractivity contribution in [2.24, 2.45) is 5.92 Å². The maximum atomic E-state index is 11.1. The van der Waals surface area contributed by atoms with Crippen LogP contribution in [-0.4, -0.2) is 16.5 Å². The van der Waals surface area contributed by atoms with Crippen molar-refractivity contribution < 1.29 is 4.92 Å². The highest BCUT2D eigenvalue weighted by atomic mass is 16.6. The van der Waals surface area contributed by atoms with Crippen LogP contribution in [0.2, 0.25) is 0 Å². The van der Waals surface area contributed by atoms with Gasteiger partial charge in [0.15, 0.2) is 0 Å². The molecule has 0 amide bonds. The molecular weight excluding hydrogens is 254 g/mol. The Bertz CT molecular complexity index is 482. The van der Waals surface area contributed by atoms with Crippen LogP contribution in [0.5, 0.6) is 0 Å². The van der Waals surface area contributed by atoms with E-state index in [-0.39, 0.29) is 10.6 Å². The van der Waals surface area contributed by atoms with Crippen molar-refractivity contribution in [2.45, 2.75) is 52.5 Å². The third kappa shape index (κ3) is 3.54. The average molecular weight is 277 g/mol. The van der Waals surface area contributed by atoms with E-state index >= 15 is 0 Å². The van der Waals surface area contributed by atoms with Crippen molar-refractivity contribution >= 4 is 5.69 Å². The van der Waals surface area contributed by atoms with E-state index in [0.29, 0.717) is 17.7 Å². The number of aromatic nitrogens is 1. The Hall–Kier alpha value is -1.49. The number of hydrogen-bond acceptors (Lipinski definition) is 4. The highest BCUT2D eigenvalue weighted by Crippen LogP contribution is 2.25. The van der Waals surface area contributed by atoms with Gasteiger partial charge in [-0.2, -0.15) is 0 Å². The van der Waals surface area contributed by atoms with E-state index in [1.165, 1.54) is 32.1 Å². The minimum atomic E-state index is -0.309. The molecule has 1 aliphatic carbocycles. The number of nitrogens with zero attached hydrogens (tertiary/aromatic N) is 2. The van der Waals surface area contributed by atoms with E-state index in [1.807, 2.05) is 0 Å². The summed E-state index contributed by atoms with van der Waals surface area (Å²) in [6, 6.07) is 0. The summed E-state index contributed by atoms with van der Waals surface area (Å²) in [5.41, 5.74) is 2.31. The molecule has 0 spiro atoms. The predicted molar refractivity (Wildman–Crippen MR) is 78.6 cm³/mol. The van der Waals surface area contributed by atoms with E-state index in [2.05, 4.69) is 10.3 Å². The molecule has 0 aromatic carbocycles. The zero-order valence-electron chi connectivity index (χ0n) is 12.3. The van der Waals surface area contributed by atoms with Crippen molar-refractivity contribution in [3.05, 3.63) is 33.1 Å². The van der Waals surface area contributed by atoms with Crippen LogP contribution < -0.4 is 5.32 Å². The van der Waals surface area contributed by atoms with Crippen molar-refractivity contribution in [1.29, 1.82) is 0 Å². The maximum absolute atomic E-state index is 11.1. The summed E-state index contributed by atoms with van der Waals surface area (Å²) in [6.07, 6.45) is 8.23. The summed E-state index contributed by atoms with van der Waals surface area (Å²) in [6.45, 7) is 5.12. The summed E-state index contributed by atoms with van der Waals surface area (Å²) in [5, 5.41) is 14.5. The summed E-state index contributed by atoms with van der Waals surface area (Å²) < 4.78 is 0. The highest BCUT2D eigenvalue weighted by molar-refractivity contribution is 5.47. The molecule has 0 aliphatic heterocycles. The Morgan fingerprint density at radius 2 is 2.05 bits per heavy atom. The molecule has 0 radical (unpaired) electrons. The lowest BCUT2D eigenvalue weighted by atomic mass is 9.89. The van der Waals surface area contributed by atoms with E-state index in [9.17, 15) is 10.1 Å². The molecule has 1 heterocycles. The van der Waals surface area contributed by atoms with Crippen molar-refractivity contribution in [3.8, 4) is 0 Å². The number of nitro groups is 1. The van der Waals surface area contributed by atoms with Crippen LogP contribution in [0.25, 0.3) is 0 Å². The topological polar surface area (TPSA) is 68.1 Å². The van der Waals surface area contributed by atoms with Gasteiger partial charge in [-0.25, -0.2) is 0 Å². The van der Waals surface area contributed by atoms with Gasteiger partial charge in [0, 0.05) is 23.9 Å². The molecule has 0 atom stereocenters. The second-order valence-corrected chi connectivity index (χ2v) is 5.75. The zero-order chi connectivity index (χ0) is 14.5. The van der Waals surface area contributed by atoms with Crippen LogP contribution in [0.3, 0.4) is 0 Å². The molecule has 0 unspecified atom stereocenters. The molecule has 2 rings (SSSR count). The molecule has 0 saturated heterocycles. The van der Waals surface area contributed by atoms with Crippen LogP contribution >= 0.6 is 0 Å². The molecule has 1 saturated carbocycles. The molecule has 5 nitrogen and oxygen atoms in total. The lowest BCUT2D eigenvalue weighted by molar-refractivity contribution is -0.386. The Morgan fingerprint density at radius 1 is 1.35 bits per heavy atom. The standard InChI is InChI=1S/C15H23N3O2/c1-11-8-17-14(12(2)15(11)18(19)20)10-16-9-13-6-4-3-5-7-13/h8,13,16H,3-7,9-10H2,1-2H3. The summed E-state index contributed by atoms with van der Waals surface area (Å²) in [4.78, 5) is 15.1. The van der Waals surface area contributed by atoms with Crippen LogP contribution in [0, 0.1) is 29.9 Å². The van der Waals surface area contributed by atoms with E-state index in [0.717, 1.165) is 18.2 Å². The van der Waals surface area contributed by atoms with Crippen LogP contribution in [0.4, 0.5) is 5.69 Å². The van der Waals surface area contributed by atoms with E-state index in [4.69, 9.17) is 0 Å². The Morgan fingerprint density at radius 3 is 2.70 bits per heavy atom. The fourth-order valence-corrected chi connectivity index (χ4v) is 3.01. The molecule has 1 aliphatic rings. The van der Waals surface area contributed by atoms with Gasteiger partial charge >= 0.3 is 0 Å². The van der Waals surface area contributed by atoms with Crippen LogP contribution in [0.15, 0.2) is 6.20 Å². The Kier molecular flexibility index (Phi) is 5.06. The van der Waals surface area contributed by atoms with Crippen LogP contribution in [0.1, 0.15) is 48.9 Å². The third-order valence-corrected chi connectivity index (χ3v) is 4.21. The van der Waals surface area contributed by atoms with Gasteiger partial charge in [-0.15, -0.1) is 0 Å². The fourth-order valence-electron chi connectivity index (χ4n) is 3.01. The highest BCUT2D eigenvalue weighted by Gasteiger charge is 2.19. The van der Waals surface area contributed by atoms with Gasteiger partial charge in [0.1, 0.15) is 0 Å². The lowest BCUT2D eigenvalue weighted by Crippen LogP contribution is -2.25. The van der Waals surface area contributed by atoms with Gasteiger partial charge < -0.3 is 5.32 Å². The largest absolute Gasteiger partial charge is 0.311 e. The lowest BCUT2D eigenvalue weighted by Gasteiger charge is -2.21. The van der Waals surface area contributed by atoms with Gasteiger partial charge in [-0.05, 0) is 39.2 Å². The van der Waals surface area contributed by atoms with Gasteiger partial charge in [-0.3, -0.25) is 15.1 Å². The van der Waals surface area contributed by atoms with Gasteiger partial charge in [0.2, 0.25) is 0 Å². The quantitative estimate of drug-likeness (QED) is 0.662. The number of aryl methyl sites for hydroxylation is 1. The van der Waals surface area contributed by atoms with Gasteiger partial charge in [-0.1, -0.05) is 19.3 Å². The molecule has 0 bridgehead atoms. The smallest absolute Gasteiger partial charge is 0.278 e. The first-order chi connectivity index (χ1) is 9.59. The van der Waals surface area contributed by atoms with Gasteiger partial charge in [0.05, 0.1) is 10.6 Å². The maximum Gasteiger partial charge on any atom is 0.278 e. The van der Waals surface area contributed by atoms with Crippen LogP contribution in [-0.2, 0) is 6.54 Å². The minimum Gasteiger partial charge on any atom is -0.311 e. The molecular formula is C15H23N3O2. The number of rotatable bonds is 5.